The van der Waals surface area contributed by atoms with Crippen molar-refractivity contribution in [1.82, 2.24) is 24.8 Å². The number of H-pyrrole nitrogens is 1. The van der Waals surface area contributed by atoms with Gasteiger partial charge >= 0.3 is 0 Å². The third kappa shape index (κ3) is 2.92. The molecule has 136 valence electrons. The van der Waals surface area contributed by atoms with E-state index in [1.807, 2.05) is 24.5 Å². The van der Waals surface area contributed by atoms with E-state index in [9.17, 15) is 0 Å². The minimum absolute atomic E-state index is 0.102. The lowest BCUT2D eigenvalue weighted by molar-refractivity contribution is 0.200. The molecule has 1 aliphatic rings. The Morgan fingerprint density at radius 1 is 1.19 bits per heavy atom. The molecule has 0 unspecified atom stereocenters. The maximum atomic E-state index is 5.51. The highest BCUT2D eigenvalue weighted by Crippen LogP contribution is 2.35. The van der Waals surface area contributed by atoms with Gasteiger partial charge in [-0.3, -0.25) is 4.90 Å². The zero-order valence-electron chi connectivity index (χ0n) is 15.2. The van der Waals surface area contributed by atoms with Gasteiger partial charge < -0.3 is 9.40 Å². The Balaban J connectivity index is 1.52. The van der Waals surface area contributed by atoms with Gasteiger partial charge in [0.15, 0.2) is 0 Å². The maximum absolute atomic E-state index is 5.51. The summed E-state index contributed by atoms with van der Waals surface area (Å²) in [5.74, 6) is 0.883. The lowest BCUT2D eigenvalue weighted by Gasteiger charge is -2.35. The summed E-state index contributed by atoms with van der Waals surface area (Å²) in [6.45, 7) is 3.82. The number of aromatic nitrogens is 4. The largest absolute Gasteiger partial charge is 0.464 e. The van der Waals surface area contributed by atoms with E-state index in [0.29, 0.717) is 0 Å². The highest BCUT2D eigenvalue weighted by Gasteiger charge is 2.31. The Labute approximate surface area is 157 Å². The Bertz CT molecular complexity index is 1070. The monoisotopic (exact) mass is 359 g/mol. The first-order chi connectivity index (χ1) is 13.3. The predicted molar refractivity (Wildman–Crippen MR) is 102 cm³/mol. The van der Waals surface area contributed by atoms with Gasteiger partial charge in [-0.1, -0.05) is 13.0 Å². The van der Waals surface area contributed by atoms with Crippen LogP contribution in [0.15, 0.2) is 53.7 Å². The van der Waals surface area contributed by atoms with Crippen LogP contribution in [0.4, 0.5) is 0 Å². The summed E-state index contributed by atoms with van der Waals surface area (Å²) < 4.78 is 5.51. The van der Waals surface area contributed by atoms with Gasteiger partial charge in [0.1, 0.15) is 11.4 Å². The number of benzene rings is 1. The van der Waals surface area contributed by atoms with E-state index in [1.54, 1.807) is 12.6 Å². The summed E-state index contributed by atoms with van der Waals surface area (Å²) in [7, 11) is 0. The number of imidazole rings is 1. The predicted octanol–water partition coefficient (Wildman–Crippen LogP) is 3.66. The molecule has 0 spiro atoms. The molecule has 5 rings (SSSR count). The van der Waals surface area contributed by atoms with Crippen LogP contribution in [-0.4, -0.2) is 31.4 Å². The summed E-state index contributed by atoms with van der Waals surface area (Å²) in [5.41, 5.74) is 5.59. The van der Waals surface area contributed by atoms with Gasteiger partial charge in [-0.2, -0.15) is 0 Å². The number of nitrogens with one attached hydrogen (secondary N) is 1. The van der Waals surface area contributed by atoms with Crippen molar-refractivity contribution in [2.45, 2.75) is 32.4 Å². The van der Waals surface area contributed by atoms with Crippen LogP contribution in [0.2, 0.25) is 0 Å². The van der Waals surface area contributed by atoms with Gasteiger partial charge in [-0.25, -0.2) is 15.0 Å². The van der Waals surface area contributed by atoms with Crippen LogP contribution in [0, 0.1) is 0 Å². The number of furan rings is 1. The number of rotatable bonds is 4. The fourth-order valence-electron chi connectivity index (χ4n) is 3.90. The Morgan fingerprint density at radius 3 is 2.93 bits per heavy atom. The number of nitrogens with zero attached hydrogens (tertiary/aromatic N) is 4. The number of hydrogen-bond donors (Lipinski definition) is 1. The van der Waals surface area contributed by atoms with Crippen molar-refractivity contribution >= 4 is 11.0 Å². The second kappa shape index (κ2) is 6.63. The van der Waals surface area contributed by atoms with Crippen molar-refractivity contribution < 1.29 is 4.42 Å². The molecule has 6 nitrogen and oxygen atoms in total. The van der Waals surface area contributed by atoms with Crippen molar-refractivity contribution in [2.75, 3.05) is 6.54 Å². The third-order valence-corrected chi connectivity index (χ3v) is 5.28. The SMILES string of the molecule is CCc1ncc(CN2CCc3[nH]cnc3[C@@H]2c2ccc3occc3c2)cn1. The van der Waals surface area contributed by atoms with E-state index in [0.717, 1.165) is 54.0 Å². The lowest BCUT2D eigenvalue weighted by atomic mass is 9.94. The number of aromatic amines is 1. The van der Waals surface area contributed by atoms with Gasteiger partial charge in [-0.15, -0.1) is 0 Å². The van der Waals surface area contributed by atoms with Gasteiger partial charge in [-0.05, 0) is 23.8 Å². The average Bonchev–Trinajstić information content (AvgIpc) is 3.37. The van der Waals surface area contributed by atoms with Crippen LogP contribution >= 0.6 is 0 Å². The first kappa shape index (κ1) is 16.2. The van der Waals surface area contributed by atoms with Gasteiger partial charge in [0.25, 0.3) is 0 Å². The molecule has 0 saturated carbocycles. The second-order valence-corrected chi connectivity index (χ2v) is 6.97. The van der Waals surface area contributed by atoms with Crippen LogP contribution < -0.4 is 0 Å². The molecule has 0 radical (unpaired) electrons. The Kier molecular flexibility index (Phi) is 3.98. The number of hydrogen-bond acceptors (Lipinski definition) is 5. The zero-order valence-corrected chi connectivity index (χ0v) is 15.2. The van der Waals surface area contributed by atoms with E-state index < -0.39 is 0 Å². The van der Waals surface area contributed by atoms with E-state index in [1.165, 1.54) is 11.3 Å². The maximum Gasteiger partial charge on any atom is 0.133 e. The average molecular weight is 359 g/mol. The van der Waals surface area contributed by atoms with Crippen molar-refractivity contribution in [3.05, 3.63) is 77.6 Å². The smallest absolute Gasteiger partial charge is 0.133 e. The van der Waals surface area contributed by atoms with E-state index >= 15 is 0 Å². The molecule has 0 bridgehead atoms. The van der Waals surface area contributed by atoms with E-state index in [-0.39, 0.29) is 6.04 Å². The first-order valence-electron chi connectivity index (χ1n) is 9.35. The van der Waals surface area contributed by atoms with Gasteiger partial charge in [0.2, 0.25) is 0 Å². The topological polar surface area (TPSA) is 70.8 Å². The molecule has 3 aromatic heterocycles. The molecule has 6 heteroatoms. The van der Waals surface area contributed by atoms with Crippen molar-refractivity contribution in [3.63, 3.8) is 0 Å². The molecule has 4 heterocycles. The summed E-state index contributed by atoms with van der Waals surface area (Å²) >= 11 is 0. The zero-order chi connectivity index (χ0) is 18.2. The molecule has 27 heavy (non-hydrogen) atoms. The minimum atomic E-state index is 0.102. The van der Waals surface area contributed by atoms with Crippen LogP contribution in [0.3, 0.4) is 0 Å². The fraction of sp³-hybridized carbons (Fsp3) is 0.286. The molecule has 1 N–H and O–H groups in total. The van der Waals surface area contributed by atoms with Crippen LogP contribution in [0.1, 0.15) is 41.3 Å². The van der Waals surface area contributed by atoms with E-state index in [2.05, 4.69) is 43.9 Å². The van der Waals surface area contributed by atoms with Crippen molar-refractivity contribution in [3.8, 4) is 0 Å². The standard InChI is InChI=1S/C21H21N5O/c1-2-19-22-10-14(11-23-19)12-26-7-5-17-20(25-13-24-17)21(26)16-3-4-18-15(9-16)6-8-27-18/h3-4,6,8-11,13,21H,2,5,7,12H2,1H3,(H,24,25)/t21-/m0/s1. The Morgan fingerprint density at radius 2 is 2.07 bits per heavy atom. The summed E-state index contributed by atoms with van der Waals surface area (Å²) in [6, 6.07) is 8.50. The van der Waals surface area contributed by atoms with Crippen LogP contribution in [0.25, 0.3) is 11.0 Å². The molecule has 1 atom stereocenters. The van der Waals surface area contributed by atoms with Crippen molar-refractivity contribution in [2.24, 2.45) is 0 Å². The van der Waals surface area contributed by atoms with Crippen LogP contribution in [0.5, 0.6) is 0 Å². The summed E-state index contributed by atoms with van der Waals surface area (Å²) in [5, 5.41) is 1.12. The normalized spacial score (nSPS) is 17.3. The van der Waals surface area contributed by atoms with E-state index in [4.69, 9.17) is 4.42 Å². The fourth-order valence-corrected chi connectivity index (χ4v) is 3.90. The van der Waals surface area contributed by atoms with Crippen molar-refractivity contribution in [1.29, 1.82) is 0 Å². The number of aryl methyl sites for hydroxylation is 1. The molecule has 4 aromatic rings. The molecule has 1 aliphatic heterocycles. The molecular formula is C21H21N5O. The second-order valence-electron chi connectivity index (χ2n) is 6.97. The van der Waals surface area contributed by atoms with Gasteiger partial charge in [0, 0.05) is 55.0 Å². The quantitative estimate of drug-likeness (QED) is 0.602. The minimum Gasteiger partial charge on any atom is -0.464 e. The first-order valence-corrected chi connectivity index (χ1v) is 9.35. The molecule has 1 aromatic carbocycles. The third-order valence-electron chi connectivity index (χ3n) is 5.28. The van der Waals surface area contributed by atoms with Crippen LogP contribution in [-0.2, 0) is 19.4 Å². The van der Waals surface area contributed by atoms with Gasteiger partial charge in [0.05, 0.1) is 24.3 Å². The summed E-state index contributed by atoms with van der Waals surface area (Å²) in [4.78, 5) is 19.3. The highest BCUT2D eigenvalue weighted by atomic mass is 16.3. The molecule has 0 aliphatic carbocycles. The number of fused-ring (bicyclic) bond motifs is 2. The summed E-state index contributed by atoms with van der Waals surface area (Å²) in [6.07, 6.45) is 9.25. The molecular weight excluding hydrogens is 338 g/mol. The molecule has 0 amide bonds. The lowest BCUT2D eigenvalue weighted by Crippen LogP contribution is -2.36. The Hall–Kier alpha value is -2.99. The molecule has 0 fully saturated rings. The molecule has 0 saturated heterocycles. The highest BCUT2D eigenvalue weighted by molar-refractivity contribution is 5.78.